The van der Waals surface area contributed by atoms with Crippen LogP contribution in [0.15, 0.2) is 23.0 Å². The molecule has 1 N–H and O–H groups in total. The van der Waals surface area contributed by atoms with E-state index in [0.29, 0.717) is 24.7 Å². The first-order chi connectivity index (χ1) is 16.3. The van der Waals surface area contributed by atoms with Gasteiger partial charge in [-0.1, -0.05) is 13.3 Å². The second kappa shape index (κ2) is 10.8. The van der Waals surface area contributed by atoms with Gasteiger partial charge in [0.05, 0.1) is 16.9 Å². The predicted molar refractivity (Wildman–Crippen MR) is 142 cm³/mol. The maximum absolute atomic E-state index is 13.7. The largest absolute Gasteiger partial charge is 0.371 e. The van der Waals surface area contributed by atoms with Gasteiger partial charge in [0.25, 0.3) is 5.56 Å². The van der Waals surface area contributed by atoms with Gasteiger partial charge in [-0.15, -0.1) is 0 Å². The van der Waals surface area contributed by atoms with Crippen molar-refractivity contribution >= 4 is 16.6 Å². The SMILES string of the molecule is CCCC(c1nc2ccc(N3CCC(N(C)C)CC3)cc2c(=O)n1CC)N1CC(C)NC(C)C1. The van der Waals surface area contributed by atoms with Crippen molar-refractivity contribution in [1.82, 2.24) is 24.7 Å². The van der Waals surface area contributed by atoms with Gasteiger partial charge in [-0.25, -0.2) is 4.98 Å². The fraction of sp³-hybridized carbons (Fsp3) is 0.704. The van der Waals surface area contributed by atoms with Crippen molar-refractivity contribution in [2.45, 2.75) is 84.1 Å². The van der Waals surface area contributed by atoms with Gasteiger partial charge < -0.3 is 15.1 Å². The first kappa shape index (κ1) is 25.1. The van der Waals surface area contributed by atoms with Crippen LogP contribution in [0.25, 0.3) is 10.9 Å². The lowest BCUT2D eigenvalue weighted by molar-refractivity contribution is 0.109. The molecule has 0 radical (unpaired) electrons. The summed E-state index contributed by atoms with van der Waals surface area (Å²) in [4.78, 5) is 26.2. The van der Waals surface area contributed by atoms with E-state index in [4.69, 9.17) is 4.98 Å². The smallest absolute Gasteiger partial charge is 0.261 e. The molecule has 1 aromatic heterocycles. The summed E-state index contributed by atoms with van der Waals surface area (Å²) >= 11 is 0. The number of rotatable bonds is 7. The highest BCUT2D eigenvalue weighted by Gasteiger charge is 2.31. The summed E-state index contributed by atoms with van der Waals surface area (Å²) in [6.45, 7) is 13.4. The minimum atomic E-state index is 0.102. The van der Waals surface area contributed by atoms with Crippen molar-refractivity contribution in [2.24, 2.45) is 0 Å². The van der Waals surface area contributed by atoms with Crippen LogP contribution >= 0.6 is 0 Å². The number of benzene rings is 1. The molecule has 2 aliphatic heterocycles. The van der Waals surface area contributed by atoms with Crippen LogP contribution in [-0.4, -0.2) is 77.8 Å². The van der Waals surface area contributed by atoms with Crippen molar-refractivity contribution in [1.29, 1.82) is 0 Å². The monoisotopic (exact) mass is 468 g/mol. The van der Waals surface area contributed by atoms with E-state index in [0.717, 1.165) is 74.3 Å². The lowest BCUT2D eigenvalue weighted by atomic mass is 10.0. The third-order valence-electron chi connectivity index (χ3n) is 7.73. The van der Waals surface area contributed by atoms with Crippen LogP contribution in [0.3, 0.4) is 0 Å². The molecule has 3 heterocycles. The number of piperazine rings is 1. The van der Waals surface area contributed by atoms with Gasteiger partial charge in [-0.3, -0.25) is 14.3 Å². The Labute approximate surface area is 205 Å². The molecule has 0 bridgehead atoms. The average Bonchev–Trinajstić information content (AvgIpc) is 2.81. The Bertz CT molecular complexity index is 1020. The van der Waals surface area contributed by atoms with E-state index >= 15 is 0 Å². The van der Waals surface area contributed by atoms with Gasteiger partial charge >= 0.3 is 0 Å². The number of anilines is 1. The van der Waals surface area contributed by atoms with E-state index in [9.17, 15) is 4.79 Å². The molecule has 2 fully saturated rings. The van der Waals surface area contributed by atoms with Gasteiger partial charge in [0.1, 0.15) is 5.82 Å². The van der Waals surface area contributed by atoms with E-state index < -0.39 is 0 Å². The summed E-state index contributed by atoms with van der Waals surface area (Å²) in [5.41, 5.74) is 2.08. The molecule has 34 heavy (non-hydrogen) atoms. The molecule has 0 amide bonds. The third-order valence-corrected chi connectivity index (χ3v) is 7.73. The van der Waals surface area contributed by atoms with E-state index in [2.05, 4.69) is 80.0 Å². The highest BCUT2D eigenvalue weighted by atomic mass is 16.1. The Morgan fingerprint density at radius 3 is 2.38 bits per heavy atom. The van der Waals surface area contributed by atoms with Crippen molar-refractivity contribution in [3.63, 3.8) is 0 Å². The molecule has 188 valence electrons. The molecule has 1 aromatic carbocycles. The average molecular weight is 469 g/mol. The van der Waals surface area contributed by atoms with Crippen molar-refractivity contribution in [2.75, 3.05) is 45.2 Å². The zero-order valence-corrected chi connectivity index (χ0v) is 22.0. The Morgan fingerprint density at radius 2 is 1.79 bits per heavy atom. The Kier molecular flexibility index (Phi) is 7.95. The van der Waals surface area contributed by atoms with Crippen LogP contribution in [0.5, 0.6) is 0 Å². The van der Waals surface area contributed by atoms with Gasteiger partial charge in [-0.2, -0.15) is 0 Å². The molecule has 7 heteroatoms. The third kappa shape index (κ3) is 5.16. The van der Waals surface area contributed by atoms with E-state index in [-0.39, 0.29) is 11.6 Å². The van der Waals surface area contributed by atoms with Crippen LogP contribution in [0.2, 0.25) is 0 Å². The lowest BCUT2D eigenvalue weighted by Gasteiger charge is -2.41. The summed E-state index contributed by atoms with van der Waals surface area (Å²) in [5.74, 6) is 0.933. The molecule has 3 unspecified atom stereocenters. The first-order valence-electron chi connectivity index (χ1n) is 13.3. The fourth-order valence-electron chi connectivity index (χ4n) is 6.00. The zero-order valence-electron chi connectivity index (χ0n) is 22.0. The number of hydrogen-bond donors (Lipinski definition) is 1. The predicted octanol–water partition coefficient (Wildman–Crippen LogP) is 3.47. The minimum absolute atomic E-state index is 0.102. The summed E-state index contributed by atoms with van der Waals surface area (Å²) in [6.07, 6.45) is 4.39. The van der Waals surface area contributed by atoms with E-state index in [1.165, 1.54) is 0 Å². The van der Waals surface area contributed by atoms with Crippen molar-refractivity contribution < 1.29 is 0 Å². The molecule has 0 spiro atoms. The molecule has 0 saturated carbocycles. The Morgan fingerprint density at radius 1 is 1.12 bits per heavy atom. The second-order valence-electron chi connectivity index (χ2n) is 10.6. The van der Waals surface area contributed by atoms with Crippen molar-refractivity contribution in [3.8, 4) is 0 Å². The Hall–Kier alpha value is -1.96. The molecular weight excluding hydrogens is 424 g/mol. The lowest BCUT2D eigenvalue weighted by Crippen LogP contribution is -2.55. The van der Waals surface area contributed by atoms with Gasteiger partial charge in [0.15, 0.2) is 0 Å². The van der Waals surface area contributed by atoms with Gasteiger partial charge in [0.2, 0.25) is 0 Å². The van der Waals surface area contributed by atoms with Crippen molar-refractivity contribution in [3.05, 3.63) is 34.4 Å². The molecule has 4 rings (SSSR count). The summed E-state index contributed by atoms with van der Waals surface area (Å²) in [7, 11) is 4.33. The quantitative estimate of drug-likeness (QED) is 0.672. The molecule has 2 saturated heterocycles. The minimum Gasteiger partial charge on any atom is -0.371 e. The maximum Gasteiger partial charge on any atom is 0.261 e. The molecule has 0 aliphatic carbocycles. The van der Waals surface area contributed by atoms with Crippen LogP contribution < -0.4 is 15.8 Å². The molecule has 2 aliphatic rings. The van der Waals surface area contributed by atoms with Gasteiger partial charge in [0, 0.05) is 56.5 Å². The van der Waals surface area contributed by atoms with E-state index in [1.54, 1.807) is 0 Å². The molecule has 2 aromatic rings. The number of nitrogens with zero attached hydrogens (tertiary/aromatic N) is 5. The standard InChI is InChI=1S/C27H44N6O/c1-7-9-25(32-17-19(3)28-20(4)18-32)26-29-24-11-10-22(16-23(24)27(34)33(26)8-2)31-14-12-21(13-15-31)30(5)6/h10-11,16,19-21,25,28H,7-9,12-15,17-18H2,1-6H3. The number of hydrogen-bond acceptors (Lipinski definition) is 6. The number of piperidine rings is 1. The normalized spacial score (nSPS) is 23.7. The molecule has 3 atom stereocenters. The van der Waals surface area contributed by atoms with Crippen LogP contribution in [-0.2, 0) is 6.54 Å². The summed E-state index contributed by atoms with van der Waals surface area (Å²) in [6, 6.07) is 7.99. The second-order valence-corrected chi connectivity index (χ2v) is 10.6. The number of aromatic nitrogens is 2. The van der Waals surface area contributed by atoms with Gasteiger partial charge in [-0.05, 0) is 72.3 Å². The summed E-state index contributed by atoms with van der Waals surface area (Å²) < 4.78 is 1.93. The number of nitrogens with one attached hydrogen (secondary N) is 1. The molecule has 7 nitrogen and oxygen atoms in total. The topological polar surface area (TPSA) is 56.6 Å². The van der Waals surface area contributed by atoms with Crippen LogP contribution in [0.1, 0.15) is 65.2 Å². The molecular formula is C27H44N6O. The van der Waals surface area contributed by atoms with Crippen LogP contribution in [0.4, 0.5) is 5.69 Å². The maximum atomic E-state index is 13.7. The fourth-order valence-corrected chi connectivity index (χ4v) is 6.00. The highest BCUT2D eigenvalue weighted by Crippen LogP contribution is 2.29. The summed E-state index contributed by atoms with van der Waals surface area (Å²) in [5, 5.41) is 4.38. The zero-order chi connectivity index (χ0) is 24.4. The highest BCUT2D eigenvalue weighted by molar-refractivity contribution is 5.82. The Balaban J connectivity index is 1.69. The number of fused-ring (bicyclic) bond motifs is 1. The first-order valence-corrected chi connectivity index (χ1v) is 13.3. The van der Waals surface area contributed by atoms with E-state index in [1.807, 2.05) is 4.57 Å². The van der Waals surface area contributed by atoms with Crippen LogP contribution in [0, 0.1) is 0 Å².